The van der Waals surface area contributed by atoms with Crippen molar-refractivity contribution in [2.75, 3.05) is 0 Å². The van der Waals surface area contributed by atoms with Crippen LogP contribution in [0.25, 0.3) is 0 Å². The number of rotatable bonds is 4. The maximum atomic E-state index is 10.6. The van der Waals surface area contributed by atoms with Crippen molar-refractivity contribution in [2.45, 2.75) is 130 Å². The van der Waals surface area contributed by atoms with Crippen LogP contribution >= 0.6 is 0 Å². The van der Waals surface area contributed by atoms with Gasteiger partial charge in [-0.15, -0.1) is 0 Å². The van der Waals surface area contributed by atoms with Crippen LogP contribution < -0.4 is 0 Å². The van der Waals surface area contributed by atoms with E-state index in [4.69, 9.17) is 4.74 Å². The van der Waals surface area contributed by atoms with Crippen LogP contribution in [0.3, 0.4) is 0 Å². The van der Waals surface area contributed by atoms with Crippen LogP contribution in [0.1, 0.15) is 112 Å². The number of hydrogen-bond donors (Lipinski definition) is 1. The molecule has 0 bridgehead atoms. The van der Waals surface area contributed by atoms with E-state index >= 15 is 0 Å². The Kier molecular flexibility index (Phi) is 4.37. The second kappa shape index (κ2) is 6.32. The monoisotopic (exact) mass is 428 g/mol. The van der Waals surface area contributed by atoms with Crippen LogP contribution in [-0.2, 0) is 4.74 Å². The summed E-state index contributed by atoms with van der Waals surface area (Å²) in [5, 5.41) is 10.6. The molecule has 5 saturated carbocycles. The van der Waals surface area contributed by atoms with E-state index in [0.29, 0.717) is 33.7 Å². The second-order valence-corrected chi connectivity index (χ2v) is 14.4. The third-order valence-electron chi connectivity index (χ3n) is 13.5. The summed E-state index contributed by atoms with van der Waals surface area (Å²) in [5.74, 6) is 4.01. The predicted molar refractivity (Wildman–Crippen MR) is 126 cm³/mol. The molecule has 1 aliphatic heterocycles. The molecule has 1 saturated heterocycles. The van der Waals surface area contributed by atoms with Gasteiger partial charge in [-0.3, -0.25) is 0 Å². The molecule has 11 unspecified atom stereocenters. The average molecular weight is 429 g/mol. The molecule has 0 aromatic rings. The van der Waals surface area contributed by atoms with Crippen molar-refractivity contribution in [3.63, 3.8) is 0 Å². The molecular formula is C29H48O2. The fourth-order valence-corrected chi connectivity index (χ4v) is 11.3. The summed E-state index contributed by atoms with van der Waals surface area (Å²) < 4.78 is 5.91. The van der Waals surface area contributed by atoms with E-state index in [-0.39, 0.29) is 11.7 Å². The molecule has 0 radical (unpaired) electrons. The van der Waals surface area contributed by atoms with Gasteiger partial charge in [-0.1, -0.05) is 27.7 Å². The van der Waals surface area contributed by atoms with Gasteiger partial charge in [-0.25, -0.2) is 0 Å². The summed E-state index contributed by atoms with van der Waals surface area (Å²) in [6, 6.07) is 0. The fourth-order valence-electron chi connectivity index (χ4n) is 11.3. The summed E-state index contributed by atoms with van der Waals surface area (Å²) >= 11 is 0. The minimum atomic E-state index is -0.0357. The first kappa shape index (κ1) is 21.5. The topological polar surface area (TPSA) is 32.8 Å². The second-order valence-electron chi connectivity index (χ2n) is 14.4. The Bertz CT molecular complexity index is 760. The standard InChI is InChI=1S/C29H48O2/c1-18(7-10-24-25(3,4)31-24)20-11-13-27(6)23-9-8-21-19(2)22(30)12-14-28(21)17-29(23,28)16-15-26(20,27)5/h18-24,30H,7-17H2,1-6H3. The lowest BCUT2D eigenvalue weighted by atomic mass is 9.43. The lowest BCUT2D eigenvalue weighted by Crippen LogP contribution is -2.55. The highest BCUT2D eigenvalue weighted by atomic mass is 16.6. The van der Waals surface area contributed by atoms with Gasteiger partial charge in [0, 0.05) is 0 Å². The molecule has 176 valence electrons. The number of fused-ring (bicyclic) bond motifs is 2. The maximum absolute atomic E-state index is 10.6. The Labute approximate surface area is 191 Å². The summed E-state index contributed by atoms with van der Waals surface area (Å²) in [6.45, 7) is 14.9. The van der Waals surface area contributed by atoms with Gasteiger partial charge in [0.15, 0.2) is 0 Å². The molecule has 0 aromatic heterocycles. The van der Waals surface area contributed by atoms with Gasteiger partial charge in [0.1, 0.15) is 0 Å². The molecule has 6 fully saturated rings. The third kappa shape index (κ3) is 2.53. The Morgan fingerprint density at radius 2 is 1.65 bits per heavy atom. The van der Waals surface area contributed by atoms with E-state index in [1.54, 1.807) is 0 Å². The van der Waals surface area contributed by atoms with Gasteiger partial charge in [0.05, 0.1) is 17.8 Å². The molecule has 31 heavy (non-hydrogen) atoms. The maximum Gasteiger partial charge on any atom is 0.0892 e. The van der Waals surface area contributed by atoms with Gasteiger partial charge in [-0.2, -0.15) is 0 Å². The number of aliphatic hydroxyl groups is 1. The van der Waals surface area contributed by atoms with Gasteiger partial charge in [0.2, 0.25) is 0 Å². The first-order valence-corrected chi connectivity index (χ1v) is 13.9. The fraction of sp³-hybridized carbons (Fsp3) is 1.00. The van der Waals surface area contributed by atoms with Crippen LogP contribution in [0, 0.1) is 51.2 Å². The molecule has 6 aliphatic rings. The van der Waals surface area contributed by atoms with E-state index in [9.17, 15) is 5.11 Å². The highest BCUT2D eigenvalue weighted by molar-refractivity contribution is 5.29. The summed E-state index contributed by atoms with van der Waals surface area (Å²) in [5.41, 5.74) is 2.46. The number of aliphatic hydroxyl groups excluding tert-OH is 1. The molecule has 6 rings (SSSR count). The van der Waals surface area contributed by atoms with Gasteiger partial charge < -0.3 is 9.84 Å². The minimum Gasteiger partial charge on any atom is -0.393 e. The van der Waals surface area contributed by atoms with Crippen molar-refractivity contribution in [3.8, 4) is 0 Å². The summed E-state index contributed by atoms with van der Waals surface area (Å²) in [6.07, 6.45) is 15.7. The minimum absolute atomic E-state index is 0.0357. The summed E-state index contributed by atoms with van der Waals surface area (Å²) in [4.78, 5) is 0. The highest BCUT2D eigenvalue weighted by Crippen LogP contribution is 2.88. The number of hydrogen-bond acceptors (Lipinski definition) is 2. The largest absolute Gasteiger partial charge is 0.393 e. The molecule has 2 heteroatoms. The lowest BCUT2D eigenvalue weighted by molar-refractivity contribution is -0.142. The smallest absolute Gasteiger partial charge is 0.0892 e. The first-order chi connectivity index (χ1) is 14.5. The quantitative estimate of drug-likeness (QED) is 0.489. The van der Waals surface area contributed by atoms with E-state index in [0.717, 1.165) is 30.1 Å². The zero-order valence-corrected chi connectivity index (χ0v) is 21.2. The van der Waals surface area contributed by atoms with Crippen molar-refractivity contribution in [1.29, 1.82) is 0 Å². The highest BCUT2D eigenvalue weighted by Gasteiger charge is 2.81. The van der Waals surface area contributed by atoms with E-state index in [1.165, 1.54) is 64.2 Å². The average Bonchev–Trinajstić information content (AvgIpc) is 3.53. The predicted octanol–water partition coefficient (Wildman–Crippen LogP) is 6.99. The van der Waals surface area contributed by atoms with Crippen molar-refractivity contribution < 1.29 is 9.84 Å². The van der Waals surface area contributed by atoms with Crippen molar-refractivity contribution in [2.24, 2.45) is 51.2 Å². The van der Waals surface area contributed by atoms with E-state index < -0.39 is 0 Å². The van der Waals surface area contributed by atoms with E-state index in [2.05, 4.69) is 41.5 Å². The first-order valence-electron chi connectivity index (χ1n) is 13.9. The molecule has 2 nitrogen and oxygen atoms in total. The van der Waals surface area contributed by atoms with Gasteiger partial charge in [-0.05, 0) is 136 Å². The third-order valence-corrected chi connectivity index (χ3v) is 13.5. The van der Waals surface area contributed by atoms with Crippen LogP contribution in [0.5, 0.6) is 0 Å². The zero-order chi connectivity index (χ0) is 22.0. The van der Waals surface area contributed by atoms with E-state index in [1.807, 2.05) is 0 Å². The molecule has 0 amide bonds. The lowest BCUT2D eigenvalue weighted by Gasteiger charge is -2.62. The van der Waals surface area contributed by atoms with Crippen molar-refractivity contribution in [3.05, 3.63) is 0 Å². The van der Waals surface area contributed by atoms with Crippen molar-refractivity contribution >= 4 is 0 Å². The molecule has 2 spiro atoms. The van der Waals surface area contributed by atoms with Crippen LogP contribution in [0.4, 0.5) is 0 Å². The van der Waals surface area contributed by atoms with Gasteiger partial charge >= 0.3 is 0 Å². The van der Waals surface area contributed by atoms with Crippen LogP contribution in [0.15, 0.2) is 0 Å². The normalized spacial score (nSPS) is 59.7. The van der Waals surface area contributed by atoms with Crippen molar-refractivity contribution in [1.82, 2.24) is 0 Å². The SMILES string of the molecule is CC(CCC1OC1(C)C)C1CCC2(C)C3CCC4C(C)C(O)CCC45CC35CCC12C. The molecule has 11 atom stereocenters. The Hall–Kier alpha value is -0.0800. The van der Waals surface area contributed by atoms with Crippen LogP contribution in [-0.4, -0.2) is 22.9 Å². The molecule has 1 heterocycles. The Morgan fingerprint density at radius 3 is 2.35 bits per heavy atom. The molecular weight excluding hydrogens is 380 g/mol. The Morgan fingerprint density at radius 1 is 0.903 bits per heavy atom. The molecule has 0 aromatic carbocycles. The van der Waals surface area contributed by atoms with Crippen LogP contribution in [0.2, 0.25) is 0 Å². The number of ether oxygens (including phenoxy) is 1. The number of epoxide rings is 1. The molecule has 1 N–H and O–H groups in total. The zero-order valence-electron chi connectivity index (χ0n) is 21.2. The Balaban J connectivity index is 1.23. The molecule has 5 aliphatic carbocycles. The summed E-state index contributed by atoms with van der Waals surface area (Å²) in [7, 11) is 0. The van der Waals surface area contributed by atoms with Gasteiger partial charge in [0.25, 0.3) is 0 Å².